The fourth-order valence-electron chi connectivity index (χ4n) is 1.99. The van der Waals surface area contributed by atoms with Crippen LogP contribution in [0, 0.1) is 5.92 Å². The molecule has 1 aromatic rings. The van der Waals surface area contributed by atoms with E-state index in [0.29, 0.717) is 6.04 Å². The maximum atomic E-state index is 6.11. The van der Waals surface area contributed by atoms with Crippen LogP contribution in [0.15, 0.2) is 24.5 Å². The number of pyridine rings is 1. The molecule has 0 spiro atoms. The Morgan fingerprint density at radius 3 is 2.64 bits per heavy atom. The molecule has 2 heteroatoms. The third-order valence-corrected chi connectivity index (χ3v) is 3.27. The van der Waals surface area contributed by atoms with Gasteiger partial charge in [0.1, 0.15) is 0 Å². The fourth-order valence-corrected chi connectivity index (χ4v) is 1.99. The van der Waals surface area contributed by atoms with Crippen molar-refractivity contribution in [2.75, 3.05) is 0 Å². The van der Waals surface area contributed by atoms with Crippen molar-refractivity contribution in [1.82, 2.24) is 4.98 Å². The number of hydrogen-bond donors (Lipinski definition) is 1. The number of hydrogen-bond acceptors (Lipinski definition) is 2. The molecule has 1 aliphatic carbocycles. The predicted octanol–water partition coefficient (Wildman–Crippen LogP) is 2.14. The van der Waals surface area contributed by atoms with Crippen LogP contribution in [-0.2, 0) is 6.42 Å². The summed E-state index contributed by atoms with van der Waals surface area (Å²) in [6.45, 7) is 0. The molecule has 1 unspecified atom stereocenters. The van der Waals surface area contributed by atoms with E-state index in [9.17, 15) is 0 Å². The lowest BCUT2D eigenvalue weighted by molar-refractivity contribution is 0.253. The van der Waals surface area contributed by atoms with Crippen LogP contribution in [0.25, 0.3) is 0 Å². The maximum absolute atomic E-state index is 6.11. The van der Waals surface area contributed by atoms with Gasteiger partial charge in [0, 0.05) is 18.4 Å². The molecule has 1 heterocycles. The Morgan fingerprint density at radius 1 is 1.36 bits per heavy atom. The first-order chi connectivity index (χ1) is 6.86. The molecule has 1 aromatic heterocycles. The first-order valence-corrected chi connectivity index (χ1v) is 5.51. The summed E-state index contributed by atoms with van der Waals surface area (Å²) < 4.78 is 0. The normalized spacial score (nSPS) is 18.9. The highest BCUT2D eigenvalue weighted by Crippen LogP contribution is 2.30. The summed E-state index contributed by atoms with van der Waals surface area (Å²) in [6, 6.07) is 4.57. The molecule has 0 aliphatic heterocycles. The summed E-state index contributed by atoms with van der Waals surface area (Å²) in [5, 5.41) is 0. The summed E-state index contributed by atoms with van der Waals surface area (Å²) >= 11 is 0. The largest absolute Gasteiger partial charge is 0.327 e. The van der Waals surface area contributed by atoms with E-state index in [4.69, 9.17) is 5.73 Å². The highest BCUT2D eigenvalue weighted by Gasteiger charge is 2.23. The van der Waals surface area contributed by atoms with Crippen LogP contribution in [0.4, 0.5) is 0 Å². The van der Waals surface area contributed by atoms with Crippen molar-refractivity contribution in [1.29, 1.82) is 0 Å². The smallest absolute Gasteiger partial charge is 0.0270 e. The molecule has 1 aliphatic rings. The Labute approximate surface area is 85.5 Å². The summed E-state index contributed by atoms with van der Waals surface area (Å²) in [5.74, 6) is 0.803. The maximum Gasteiger partial charge on any atom is 0.0270 e. The zero-order valence-corrected chi connectivity index (χ0v) is 8.52. The third kappa shape index (κ3) is 2.32. The molecular weight excluding hydrogens is 172 g/mol. The molecule has 1 atom stereocenters. The van der Waals surface area contributed by atoms with Crippen LogP contribution in [0.1, 0.15) is 31.2 Å². The van der Waals surface area contributed by atoms with E-state index in [-0.39, 0.29) is 0 Å². The Morgan fingerprint density at radius 2 is 2.07 bits per heavy atom. The van der Waals surface area contributed by atoms with Crippen LogP contribution < -0.4 is 5.73 Å². The highest BCUT2D eigenvalue weighted by molar-refractivity contribution is 5.09. The van der Waals surface area contributed by atoms with E-state index in [2.05, 4.69) is 17.1 Å². The van der Waals surface area contributed by atoms with E-state index in [1.165, 1.54) is 24.8 Å². The van der Waals surface area contributed by atoms with Gasteiger partial charge in [0.15, 0.2) is 0 Å². The van der Waals surface area contributed by atoms with Gasteiger partial charge < -0.3 is 5.73 Å². The molecule has 76 valence electrons. The van der Waals surface area contributed by atoms with Crippen molar-refractivity contribution < 1.29 is 0 Å². The zero-order valence-electron chi connectivity index (χ0n) is 8.52. The minimum absolute atomic E-state index is 0.414. The van der Waals surface area contributed by atoms with Gasteiger partial charge in [-0.25, -0.2) is 0 Å². The number of nitrogens with two attached hydrogens (primary N) is 1. The second-order valence-electron chi connectivity index (χ2n) is 4.25. The van der Waals surface area contributed by atoms with E-state index in [1.54, 1.807) is 0 Å². The average Bonchev–Trinajstić information content (AvgIpc) is 2.14. The summed E-state index contributed by atoms with van der Waals surface area (Å²) in [6.07, 6.45) is 9.99. The van der Waals surface area contributed by atoms with Crippen molar-refractivity contribution >= 4 is 0 Å². The third-order valence-electron chi connectivity index (χ3n) is 3.27. The van der Waals surface area contributed by atoms with Crippen LogP contribution in [0.2, 0.25) is 0 Å². The molecule has 0 aromatic carbocycles. The minimum Gasteiger partial charge on any atom is -0.327 e. The predicted molar refractivity (Wildman–Crippen MR) is 57.9 cm³/mol. The standard InChI is InChI=1S/C12H18N2/c13-12(11-2-1-3-11)5-4-10-6-8-14-9-7-10/h6-9,11-12H,1-5,13H2. The lowest BCUT2D eigenvalue weighted by atomic mass is 9.78. The quantitative estimate of drug-likeness (QED) is 0.790. The van der Waals surface area contributed by atoms with Gasteiger partial charge in [0.05, 0.1) is 0 Å². The van der Waals surface area contributed by atoms with E-state index >= 15 is 0 Å². The number of nitrogens with zero attached hydrogens (tertiary/aromatic N) is 1. The molecule has 1 fully saturated rings. The van der Waals surface area contributed by atoms with Crippen LogP contribution >= 0.6 is 0 Å². The number of rotatable bonds is 4. The van der Waals surface area contributed by atoms with Crippen molar-refractivity contribution in [3.8, 4) is 0 Å². The fraction of sp³-hybridized carbons (Fsp3) is 0.583. The second-order valence-corrected chi connectivity index (χ2v) is 4.25. The molecule has 0 radical (unpaired) electrons. The lowest BCUT2D eigenvalue weighted by Gasteiger charge is -2.31. The molecule has 1 saturated carbocycles. The minimum atomic E-state index is 0.414. The topological polar surface area (TPSA) is 38.9 Å². The van der Waals surface area contributed by atoms with Gasteiger partial charge in [-0.2, -0.15) is 0 Å². The van der Waals surface area contributed by atoms with Gasteiger partial charge in [-0.05, 0) is 49.3 Å². The Hall–Kier alpha value is -0.890. The monoisotopic (exact) mass is 190 g/mol. The Balaban J connectivity index is 1.76. The first kappa shape index (κ1) is 9.66. The molecular formula is C12H18N2. The van der Waals surface area contributed by atoms with E-state index in [1.807, 2.05) is 12.4 Å². The van der Waals surface area contributed by atoms with Crippen molar-refractivity contribution in [2.24, 2.45) is 11.7 Å². The van der Waals surface area contributed by atoms with E-state index < -0.39 is 0 Å². The van der Waals surface area contributed by atoms with Gasteiger partial charge in [-0.1, -0.05) is 6.42 Å². The van der Waals surface area contributed by atoms with Crippen molar-refractivity contribution in [3.05, 3.63) is 30.1 Å². The lowest BCUT2D eigenvalue weighted by Crippen LogP contribution is -2.34. The summed E-state index contributed by atoms with van der Waals surface area (Å²) in [4.78, 5) is 4.00. The van der Waals surface area contributed by atoms with Crippen molar-refractivity contribution in [3.63, 3.8) is 0 Å². The van der Waals surface area contributed by atoms with Gasteiger partial charge in [0.25, 0.3) is 0 Å². The molecule has 2 nitrogen and oxygen atoms in total. The SMILES string of the molecule is NC(CCc1ccncc1)C1CCC1. The van der Waals surface area contributed by atoms with Gasteiger partial charge >= 0.3 is 0 Å². The Bertz CT molecular complexity index is 267. The molecule has 14 heavy (non-hydrogen) atoms. The van der Waals surface area contributed by atoms with Crippen molar-refractivity contribution in [2.45, 2.75) is 38.1 Å². The average molecular weight is 190 g/mol. The van der Waals surface area contributed by atoms with Crippen LogP contribution in [0.5, 0.6) is 0 Å². The number of aromatic nitrogens is 1. The molecule has 2 rings (SSSR count). The summed E-state index contributed by atoms with van der Waals surface area (Å²) in [5.41, 5.74) is 7.47. The molecule has 0 amide bonds. The van der Waals surface area contributed by atoms with Gasteiger partial charge in [-0.3, -0.25) is 4.98 Å². The molecule has 0 bridgehead atoms. The molecule has 2 N–H and O–H groups in total. The molecule has 0 saturated heterocycles. The van der Waals surface area contributed by atoms with Gasteiger partial charge in [0.2, 0.25) is 0 Å². The van der Waals surface area contributed by atoms with Gasteiger partial charge in [-0.15, -0.1) is 0 Å². The highest BCUT2D eigenvalue weighted by atomic mass is 14.7. The number of aryl methyl sites for hydroxylation is 1. The second kappa shape index (κ2) is 4.56. The van der Waals surface area contributed by atoms with Crippen LogP contribution in [0.3, 0.4) is 0 Å². The zero-order chi connectivity index (χ0) is 9.80. The van der Waals surface area contributed by atoms with Crippen LogP contribution in [-0.4, -0.2) is 11.0 Å². The Kier molecular flexibility index (Phi) is 3.14. The first-order valence-electron chi connectivity index (χ1n) is 5.51. The summed E-state index contributed by atoms with van der Waals surface area (Å²) in [7, 11) is 0. The van der Waals surface area contributed by atoms with E-state index in [0.717, 1.165) is 18.8 Å².